The summed E-state index contributed by atoms with van der Waals surface area (Å²) in [6.07, 6.45) is 2.24. The molecule has 0 bridgehead atoms. The van der Waals surface area contributed by atoms with Crippen LogP contribution in [0.1, 0.15) is 25.8 Å². The zero-order valence-corrected chi connectivity index (χ0v) is 15.8. The third-order valence-corrected chi connectivity index (χ3v) is 4.74. The fourth-order valence-corrected chi connectivity index (χ4v) is 3.28. The van der Waals surface area contributed by atoms with E-state index >= 15 is 0 Å². The molecule has 0 aliphatic heterocycles. The summed E-state index contributed by atoms with van der Waals surface area (Å²) in [5.41, 5.74) is 5.19. The second kappa shape index (κ2) is 8.37. The van der Waals surface area contributed by atoms with Gasteiger partial charge in [0.25, 0.3) is 0 Å². The molecule has 0 unspecified atom stereocenters. The molecule has 0 N–H and O–H groups in total. The fraction of sp³-hybridized carbons (Fsp3) is 0.217. The van der Waals surface area contributed by atoms with E-state index in [2.05, 4.69) is 31.2 Å². The number of rotatable bonds is 6. The van der Waals surface area contributed by atoms with Gasteiger partial charge in [-0.15, -0.1) is 0 Å². The molecule has 1 nitrogen and oxygen atoms in total. The van der Waals surface area contributed by atoms with Crippen LogP contribution in [-0.2, 0) is 6.42 Å². The maximum absolute atomic E-state index is 14.3. The highest BCUT2D eigenvalue weighted by Crippen LogP contribution is 2.35. The van der Waals surface area contributed by atoms with Gasteiger partial charge in [0.05, 0.1) is 11.6 Å². The summed E-state index contributed by atoms with van der Waals surface area (Å²) in [5, 5.41) is 0.0904. The summed E-state index contributed by atoms with van der Waals surface area (Å²) in [4.78, 5) is 0. The van der Waals surface area contributed by atoms with Crippen LogP contribution in [-0.4, -0.2) is 6.61 Å². The minimum absolute atomic E-state index is 0.0904. The lowest BCUT2D eigenvalue weighted by Gasteiger charge is -2.11. The smallest absolute Gasteiger partial charge is 0.184 e. The van der Waals surface area contributed by atoms with Gasteiger partial charge in [-0.1, -0.05) is 73.5 Å². The number of hydrogen-bond donors (Lipinski definition) is 0. The van der Waals surface area contributed by atoms with Crippen LogP contribution >= 0.6 is 11.6 Å². The topological polar surface area (TPSA) is 9.23 Å². The van der Waals surface area contributed by atoms with Gasteiger partial charge in [-0.05, 0) is 47.7 Å². The van der Waals surface area contributed by atoms with Crippen LogP contribution in [0.15, 0.2) is 60.7 Å². The number of benzene rings is 3. The molecule has 0 spiro atoms. The average molecular weight is 369 g/mol. The van der Waals surface area contributed by atoms with Gasteiger partial charge in [-0.25, -0.2) is 4.39 Å². The van der Waals surface area contributed by atoms with E-state index in [9.17, 15) is 4.39 Å². The molecule has 0 aromatic heterocycles. The molecule has 0 fully saturated rings. The normalized spacial score (nSPS) is 10.8. The first-order valence-electron chi connectivity index (χ1n) is 8.94. The van der Waals surface area contributed by atoms with Crippen molar-refractivity contribution < 1.29 is 9.13 Å². The number of ether oxygens (including phenoxy) is 1. The lowest BCUT2D eigenvalue weighted by atomic mass is 9.99. The Morgan fingerprint density at radius 1 is 0.808 bits per heavy atom. The molecule has 0 heterocycles. The second-order valence-electron chi connectivity index (χ2n) is 6.20. The monoisotopic (exact) mass is 368 g/mol. The Balaban J connectivity index is 1.87. The Kier molecular flexibility index (Phi) is 5.95. The van der Waals surface area contributed by atoms with Crippen molar-refractivity contribution in [1.82, 2.24) is 0 Å². The van der Waals surface area contributed by atoms with Crippen LogP contribution in [0, 0.1) is 5.82 Å². The zero-order valence-electron chi connectivity index (χ0n) is 15.1. The first kappa shape index (κ1) is 18.5. The number of aryl methyl sites for hydroxylation is 1. The molecule has 3 heteroatoms. The first-order valence-corrected chi connectivity index (χ1v) is 9.32. The van der Waals surface area contributed by atoms with Gasteiger partial charge < -0.3 is 4.74 Å². The lowest BCUT2D eigenvalue weighted by molar-refractivity contribution is 0.322. The van der Waals surface area contributed by atoms with Gasteiger partial charge in [-0.3, -0.25) is 0 Å². The predicted molar refractivity (Wildman–Crippen MR) is 107 cm³/mol. The molecular formula is C23H22ClFO. The Morgan fingerprint density at radius 2 is 1.38 bits per heavy atom. The van der Waals surface area contributed by atoms with Crippen molar-refractivity contribution in [3.05, 3.63) is 77.1 Å². The molecule has 3 aromatic rings. The van der Waals surface area contributed by atoms with Crippen LogP contribution < -0.4 is 4.74 Å². The fourth-order valence-electron chi connectivity index (χ4n) is 3.02. The van der Waals surface area contributed by atoms with E-state index in [1.807, 2.05) is 31.2 Å². The van der Waals surface area contributed by atoms with Crippen molar-refractivity contribution in [3.63, 3.8) is 0 Å². The second-order valence-corrected chi connectivity index (χ2v) is 6.57. The molecule has 26 heavy (non-hydrogen) atoms. The third-order valence-electron chi connectivity index (χ3n) is 4.37. The molecule has 0 saturated heterocycles. The lowest BCUT2D eigenvalue weighted by Crippen LogP contribution is -1.96. The maximum Gasteiger partial charge on any atom is 0.184 e. The van der Waals surface area contributed by atoms with Crippen molar-refractivity contribution in [2.75, 3.05) is 6.61 Å². The number of hydrogen-bond acceptors (Lipinski definition) is 1. The van der Waals surface area contributed by atoms with E-state index < -0.39 is 5.82 Å². The minimum Gasteiger partial charge on any atom is -0.491 e. The van der Waals surface area contributed by atoms with Crippen molar-refractivity contribution in [2.24, 2.45) is 0 Å². The highest BCUT2D eigenvalue weighted by Gasteiger charge is 2.14. The van der Waals surface area contributed by atoms with E-state index in [-0.39, 0.29) is 10.8 Å². The van der Waals surface area contributed by atoms with Gasteiger partial charge in [-0.2, -0.15) is 0 Å². The summed E-state index contributed by atoms with van der Waals surface area (Å²) < 4.78 is 19.6. The highest BCUT2D eigenvalue weighted by molar-refractivity contribution is 6.33. The van der Waals surface area contributed by atoms with Crippen molar-refractivity contribution >= 4 is 11.6 Å². The largest absolute Gasteiger partial charge is 0.491 e. The first-order chi connectivity index (χ1) is 12.6. The van der Waals surface area contributed by atoms with E-state index in [1.165, 1.54) is 11.1 Å². The summed E-state index contributed by atoms with van der Waals surface area (Å²) in [5.74, 6) is -0.327. The molecule has 3 aromatic carbocycles. The Bertz CT molecular complexity index is 870. The minimum atomic E-state index is -0.512. The van der Waals surface area contributed by atoms with Gasteiger partial charge in [0, 0.05) is 5.56 Å². The van der Waals surface area contributed by atoms with Gasteiger partial charge in [0.1, 0.15) is 0 Å². The van der Waals surface area contributed by atoms with E-state index in [0.29, 0.717) is 12.2 Å². The zero-order chi connectivity index (χ0) is 18.5. The molecule has 0 amide bonds. The van der Waals surface area contributed by atoms with Gasteiger partial charge in [0.15, 0.2) is 11.6 Å². The molecule has 0 atom stereocenters. The summed E-state index contributed by atoms with van der Waals surface area (Å²) in [6.45, 7) is 4.40. The molecule has 134 valence electrons. The number of halogens is 2. The molecule has 0 aliphatic rings. The van der Waals surface area contributed by atoms with Crippen LogP contribution in [0.2, 0.25) is 5.02 Å². The molecule has 0 saturated carbocycles. The summed E-state index contributed by atoms with van der Waals surface area (Å²) in [6, 6.07) is 20.1. The van der Waals surface area contributed by atoms with E-state index in [0.717, 1.165) is 24.0 Å². The molecule has 3 rings (SSSR count). The van der Waals surface area contributed by atoms with Crippen LogP contribution in [0.4, 0.5) is 4.39 Å². The Hall–Kier alpha value is -2.32. The summed E-state index contributed by atoms with van der Waals surface area (Å²) >= 11 is 6.22. The average Bonchev–Trinajstić information content (AvgIpc) is 2.67. The van der Waals surface area contributed by atoms with Gasteiger partial charge in [0.2, 0.25) is 0 Å². The SMILES string of the molecule is CCCc1ccc(-c2ccc(-c3ccc(OCC)c(F)c3Cl)cc2)cc1. The highest BCUT2D eigenvalue weighted by atomic mass is 35.5. The quantitative estimate of drug-likeness (QED) is 0.448. The van der Waals surface area contributed by atoms with E-state index in [4.69, 9.17) is 16.3 Å². The molecular weight excluding hydrogens is 347 g/mol. The maximum atomic E-state index is 14.3. The van der Waals surface area contributed by atoms with Gasteiger partial charge >= 0.3 is 0 Å². The molecule has 0 aliphatic carbocycles. The standard InChI is InChI=1S/C23H22ClFO/c1-3-5-16-6-8-17(9-7-16)18-10-12-19(13-11-18)20-14-15-21(26-4-2)23(25)22(20)24/h6-15H,3-5H2,1-2H3. The predicted octanol–water partition coefficient (Wildman–Crippen LogP) is 7.16. The van der Waals surface area contributed by atoms with Crippen molar-refractivity contribution in [3.8, 4) is 28.0 Å². The Morgan fingerprint density at radius 3 is 1.96 bits per heavy atom. The van der Waals surface area contributed by atoms with Crippen LogP contribution in [0.25, 0.3) is 22.3 Å². The third kappa shape index (κ3) is 3.91. The van der Waals surface area contributed by atoms with Crippen molar-refractivity contribution in [2.45, 2.75) is 26.7 Å². The summed E-state index contributed by atoms with van der Waals surface area (Å²) in [7, 11) is 0. The van der Waals surface area contributed by atoms with Crippen LogP contribution in [0.3, 0.4) is 0 Å². The van der Waals surface area contributed by atoms with Crippen molar-refractivity contribution in [1.29, 1.82) is 0 Å². The Labute approximate surface area is 159 Å². The molecule has 0 radical (unpaired) electrons. The van der Waals surface area contributed by atoms with Crippen LogP contribution in [0.5, 0.6) is 5.75 Å². The van der Waals surface area contributed by atoms with E-state index in [1.54, 1.807) is 12.1 Å².